The van der Waals surface area contributed by atoms with Crippen molar-refractivity contribution in [3.05, 3.63) is 23.3 Å². The molecule has 0 saturated carbocycles. The van der Waals surface area contributed by atoms with Gasteiger partial charge in [-0.25, -0.2) is 13.6 Å². The van der Waals surface area contributed by atoms with Gasteiger partial charge in [-0.1, -0.05) is 6.07 Å². The molecule has 0 amide bonds. The molecule has 0 radical (unpaired) electrons. The van der Waals surface area contributed by atoms with Gasteiger partial charge in [0.25, 0.3) is 0 Å². The van der Waals surface area contributed by atoms with Crippen LogP contribution >= 0.6 is 0 Å². The van der Waals surface area contributed by atoms with E-state index >= 15 is 0 Å². The molecule has 0 unspecified atom stereocenters. The Labute approximate surface area is 120 Å². The SMILES string of the molecule is Cc1cc(C)c(OCCOCC(F)(F)F)c(S(N)(=O)=O)c1. The first kappa shape index (κ1) is 17.7. The molecule has 0 aliphatic carbocycles. The number of hydrogen-bond donors (Lipinski definition) is 1. The average molecular weight is 327 g/mol. The van der Waals surface area contributed by atoms with E-state index < -0.39 is 22.8 Å². The third-order valence-corrected chi connectivity index (χ3v) is 3.35. The lowest BCUT2D eigenvalue weighted by molar-refractivity contribution is -0.175. The van der Waals surface area contributed by atoms with Crippen LogP contribution in [-0.2, 0) is 14.8 Å². The highest BCUT2D eigenvalue weighted by Crippen LogP contribution is 2.28. The molecular formula is C12H16F3NO4S. The Morgan fingerprint density at radius 3 is 2.33 bits per heavy atom. The number of hydrogen-bond acceptors (Lipinski definition) is 4. The van der Waals surface area contributed by atoms with E-state index in [1.807, 2.05) is 0 Å². The van der Waals surface area contributed by atoms with Crippen molar-refractivity contribution in [1.82, 2.24) is 0 Å². The highest BCUT2D eigenvalue weighted by atomic mass is 32.2. The van der Waals surface area contributed by atoms with Gasteiger partial charge < -0.3 is 9.47 Å². The number of nitrogens with two attached hydrogens (primary N) is 1. The van der Waals surface area contributed by atoms with Crippen molar-refractivity contribution in [2.75, 3.05) is 19.8 Å². The largest absolute Gasteiger partial charge is 0.489 e. The summed E-state index contributed by atoms with van der Waals surface area (Å²) in [5.41, 5.74) is 1.20. The highest BCUT2D eigenvalue weighted by molar-refractivity contribution is 7.89. The zero-order valence-electron chi connectivity index (χ0n) is 11.5. The molecule has 0 bridgehead atoms. The van der Waals surface area contributed by atoms with Crippen molar-refractivity contribution in [3.8, 4) is 5.75 Å². The first-order valence-corrected chi connectivity index (χ1v) is 7.46. The standard InChI is InChI=1S/C12H16F3NO4S/c1-8-5-9(2)11(10(6-8)21(16,17)18)20-4-3-19-7-12(13,14)15/h5-6H,3-4,7H2,1-2H3,(H2,16,17,18). The maximum atomic E-state index is 11.9. The van der Waals surface area contributed by atoms with Gasteiger partial charge in [-0.3, -0.25) is 0 Å². The van der Waals surface area contributed by atoms with Gasteiger partial charge in [0.2, 0.25) is 10.0 Å². The topological polar surface area (TPSA) is 78.6 Å². The van der Waals surface area contributed by atoms with Gasteiger partial charge in [-0.2, -0.15) is 13.2 Å². The van der Waals surface area contributed by atoms with Gasteiger partial charge in [0.1, 0.15) is 23.9 Å². The average Bonchev–Trinajstić information content (AvgIpc) is 2.27. The zero-order valence-corrected chi connectivity index (χ0v) is 12.3. The molecule has 0 aliphatic heterocycles. The first-order chi connectivity index (χ1) is 9.50. The summed E-state index contributed by atoms with van der Waals surface area (Å²) in [7, 11) is -3.99. The Kier molecular flexibility index (Phi) is 5.60. The minimum absolute atomic E-state index is 0.0266. The van der Waals surface area contributed by atoms with E-state index in [2.05, 4.69) is 4.74 Å². The van der Waals surface area contributed by atoms with Gasteiger partial charge in [-0.05, 0) is 31.0 Å². The Hall–Kier alpha value is -1.32. The smallest absolute Gasteiger partial charge is 0.411 e. The summed E-state index contributed by atoms with van der Waals surface area (Å²) >= 11 is 0. The van der Waals surface area contributed by atoms with E-state index in [4.69, 9.17) is 9.88 Å². The summed E-state index contributed by atoms with van der Waals surface area (Å²) in [6.45, 7) is 1.39. The maximum absolute atomic E-state index is 11.9. The number of ether oxygens (including phenoxy) is 2. The van der Waals surface area contributed by atoms with Crippen LogP contribution in [0.15, 0.2) is 17.0 Å². The zero-order chi connectivity index (χ0) is 16.3. The monoisotopic (exact) mass is 327 g/mol. The van der Waals surface area contributed by atoms with Crippen molar-refractivity contribution in [2.24, 2.45) is 5.14 Å². The van der Waals surface area contributed by atoms with Crippen LogP contribution in [0.3, 0.4) is 0 Å². The third-order valence-electron chi connectivity index (χ3n) is 2.43. The van der Waals surface area contributed by atoms with E-state index in [1.54, 1.807) is 19.9 Å². The third kappa shape index (κ3) is 5.90. The van der Waals surface area contributed by atoms with Gasteiger partial charge in [0.15, 0.2) is 0 Å². The summed E-state index contributed by atoms with van der Waals surface area (Å²) in [6.07, 6.45) is -4.41. The molecule has 0 aromatic heterocycles. The van der Waals surface area contributed by atoms with Crippen LogP contribution in [-0.4, -0.2) is 34.4 Å². The summed E-state index contributed by atoms with van der Waals surface area (Å²) < 4.78 is 68.2. The highest BCUT2D eigenvalue weighted by Gasteiger charge is 2.27. The van der Waals surface area contributed by atoms with E-state index in [1.165, 1.54) is 6.07 Å². The maximum Gasteiger partial charge on any atom is 0.411 e. The molecule has 5 nitrogen and oxygen atoms in total. The Bertz CT molecular complexity index is 599. The number of aryl methyl sites for hydroxylation is 2. The summed E-state index contributed by atoms with van der Waals surface area (Å²) in [5.74, 6) is 0.0266. The number of benzene rings is 1. The summed E-state index contributed by atoms with van der Waals surface area (Å²) in [5, 5.41) is 5.10. The molecular weight excluding hydrogens is 311 g/mol. The second kappa shape index (κ2) is 6.63. The molecule has 21 heavy (non-hydrogen) atoms. The molecule has 1 aromatic carbocycles. The quantitative estimate of drug-likeness (QED) is 0.810. The number of alkyl halides is 3. The minimum Gasteiger partial charge on any atom is -0.489 e. The first-order valence-electron chi connectivity index (χ1n) is 5.92. The van der Waals surface area contributed by atoms with E-state index in [0.717, 1.165) is 0 Å². The van der Waals surface area contributed by atoms with Crippen LogP contribution in [0.25, 0.3) is 0 Å². The van der Waals surface area contributed by atoms with Crippen LogP contribution < -0.4 is 9.88 Å². The van der Waals surface area contributed by atoms with Gasteiger partial charge in [0.05, 0.1) is 6.61 Å². The minimum atomic E-state index is -4.41. The van der Waals surface area contributed by atoms with Crippen molar-refractivity contribution < 1.29 is 31.1 Å². The molecule has 0 saturated heterocycles. The van der Waals surface area contributed by atoms with Crippen molar-refractivity contribution in [1.29, 1.82) is 0 Å². The lowest BCUT2D eigenvalue weighted by atomic mass is 10.1. The lowest BCUT2D eigenvalue weighted by Crippen LogP contribution is -2.20. The number of halogens is 3. The number of sulfonamides is 1. The van der Waals surface area contributed by atoms with Crippen LogP contribution in [0, 0.1) is 13.8 Å². The van der Waals surface area contributed by atoms with E-state index in [-0.39, 0.29) is 23.9 Å². The Balaban J connectivity index is 2.75. The summed E-state index contributed by atoms with van der Waals surface area (Å²) in [4.78, 5) is -0.198. The van der Waals surface area contributed by atoms with Crippen molar-refractivity contribution in [3.63, 3.8) is 0 Å². The molecule has 0 heterocycles. The molecule has 0 fully saturated rings. The lowest BCUT2D eigenvalue weighted by Gasteiger charge is -2.14. The second-order valence-corrected chi connectivity index (χ2v) is 6.00. The fourth-order valence-corrected chi connectivity index (χ4v) is 2.53. The molecule has 0 aliphatic rings. The molecule has 9 heteroatoms. The molecule has 1 aromatic rings. The van der Waals surface area contributed by atoms with Crippen LogP contribution in [0.4, 0.5) is 13.2 Å². The van der Waals surface area contributed by atoms with Gasteiger partial charge in [0, 0.05) is 0 Å². The van der Waals surface area contributed by atoms with Gasteiger partial charge >= 0.3 is 6.18 Å². The van der Waals surface area contributed by atoms with Crippen LogP contribution in [0.2, 0.25) is 0 Å². The number of primary sulfonamides is 1. The van der Waals surface area contributed by atoms with E-state index in [9.17, 15) is 21.6 Å². The molecule has 0 spiro atoms. The number of rotatable bonds is 6. The Morgan fingerprint density at radius 2 is 1.81 bits per heavy atom. The molecule has 2 N–H and O–H groups in total. The Morgan fingerprint density at radius 1 is 1.19 bits per heavy atom. The molecule has 1 rings (SSSR count). The summed E-state index contributed by atoms with van der Waals surface area (Å²) in [6, 6.07) is 3.02. The predicted molar refractivity (Wildman–Crippen MR) is 69.7 cm³/mol. The normalized spacial score (nSPS) is 12.5. The van der Waals surface area contributed by atoms with Crippen LogP contribution in [0.1, 0.15) is 11.1 Å². The van der Waals surface area contributed by atoms with Gasteiger partial charge in [-0.15, -0.1) is 0 Å². The predicted octanol–water partition coefficient (Wildman–Crippen LogP) is 1.91. The fraction of sp³-hybridized carbons (Fsp3) is 0.500. The second-order valence-electron chi connectivity index (χ2n) is 4.47. The van der Waals surface area contributed by atoms with Crippen LogP contribution in [0.5, 0.6) is 5.75 Å². The fourth-order valence-electron chi connectivity index (χ4n) is 1.70. The van der Waals surface area contributed by atoms with Crippen molar-refractivity contribution >= 4 is 10.0 Å². The van der Waals surface area contributed by atoms with Crippen molar-refractivity contribution in [2.45, 2.75) is 24.9 Å². The molecule has 0 atom stereocenters. The molecule has 120 valence electrons. The van der Waals surface area contributed by atoms with E-state index in [0.29, 0.717) is 11.1 Å².